The Morgan fingerprint density at radius 2 is 2.21 bits per heavy atom. The van der Waals surface area contributed by atoms with Gasteiger partial charge in [0.15, 0.2) is 0 Å². The number of nitrogens with zero attached hydrogens (tertiary/aromatic N) is 1. The van der Waals surface area contributed by atoms with E-state index >= 15 is 0 Å². The zero-order chi connectivity index (χ0) is 14.4. The average Bonchev–Trinajstić information content (AvgIpc) is 2.36. The number of aliphatic hydroxyl groups excluding tert-OH is 1. The van der Waals surface area contributed by atoms with E-state index in [1.807, 2.05) is 6.92 Å². The Morgan fingerprint density at radius 1 is 1.53 bits per heavy atom. The van der Waals surface area contributed by atoms with Gasteiger partial charge in [-0.1, -0.05) is 19.4 Å². The van der Waals surface area contributed by atoms with Crippen molar-refractivity contribution < 1.29 is 14.8 Å². The second-order valence-corrected chi connectivity index (χ2v) is 4.41. The third kappa shape index (κ3) is 4.33. The fourth-order valence-electron chi connectivity index (χ4n) is 1.71. The minimum absolute atomic E-state index is 0.121. The first-order chi connectivity index (χ1) is 8.95. The van der Waals surface area contributed by atoms with Crippen LogP contribution in [0.1, 0.15) is 35.7 Å². The SMILES string of the molecule is CCCC(O)CNC(=O)c1cc([N+](=O)[O-])ccc1C. The summed E-state index contributed by atoms with van der Waals surface area (Å²) in [7, 11) is 0. The predicted molar refractivity (Wildman–Crippen MR) is 71.1 cm³/mol. The van der Waals surface area contributed by atoms with Crippen molar-refractivity contribution in [1.82, 2.24) is 5.32 Å². The molecular formula is C13H18N2O4. The lowest BCUT2D eigenvalue weighted by Gasteiger charge is -2.11. The Balaban J connectivity index is 2.76. The highest BCUT2D eigenvalue weighted by molar-refractivity contribution is 5.96. The van der Waals surface area contributed by atoms with Crippen molar-refractivity contribution in [2.75, 3.05) is 6.54 Å². The van der Waals surface area contributed by atoms with Gasteiger partial charge in [-0.2, -0.15) is 0 Å². The second-order valence-electron chi connectivity index (χ2n) is 4.41. The van der Waals surface area contributed by atoms with Crippen LogP contribution >= 0.6 is 0 Å². The van der Waals surface area contributed by atoms with Crippen LogP contribution in [-0.2, 0) is 0 Å². The van der Waals surface area contributed by atoms with Crippen LogP contribution in [-0.4, -0.2) is 28.6 Å². The van der Waals surface area contributed by atoms with Gasteiger partial charge in [0.25, 0.3) is 11.6 Å². The molecule has 6 heteroatoms. The number of hydrogen-bond donors (Lipinski definition) is 2. The first-order valence-corrected chi connectivity index (χ1v) is 6.17. The molecule has 1 unspecified atom stereocenters. The number of amides is 1. The smallest absolute Gasteiger partial charge is 0.270 e. The molecule has 0 aromatic heterocycles. The van der Waals surface area contributed by atoms with Gasteiger partial charge >= 0.3 is 0 Å². The number of rotatable bonds is 6. The van der Waals surface area contributed by atoms with E-state index in [9.17, 15) is 20.0 Å². The molecular weight excluding hydrogens is 248 g/mol. The summed E-state index contributed by atoms with van der Waals surface area (Å²) in [5.41, 5.74) is 0.802. The molecule has 2 N–H and O–H groups in total. The molecule has 0 bridgehead atoms. The van der Waals surface area contributed by atoms with E-state index in [1.54, 1.807) is 6.92 Å². The molecule has 0 fully saturated rings. The molecule has 0 aliphatic rings. The van der Waals surface area contributed by atoms with Crippen molar-refractivity contribution in [3.63, 3.8) is 0 Å². The zero-order valence-electron chi connectivity index (χ0n) is 11.0. The monoisotopic (exact) mass is 266 g/mol. The highest BCUT2D eigenvalue weighted by Crippen LogP contribution is 2.17. The van der Waals surface area contributed by atoms with Crippen LogP contribution in [0.5, 0.6) is 0 Å². The fourth-order valence-corrected chi connectivity index (χ4v) is 1.71. The van der Waals surface area contributed by atoms with Gasteiger partial charge in [0.2, 0.25) is 0 Å². The van der Waals surface area contributed by atoms with E-state index in [0.717, 1.165) is 6.42 Å². The van der Waals surface area contributed by atoms with Crippen molar-refractivity contribution in [2.45, 2.75) is 32.8 Å². The molecule has 0 radical (unpaired) electrons. The van der Waals surface area contributed by atoms with E-state index in [0.29, 0.717) is 12.0 Å². The molecule has 0 spiro atoms. The maximum absolute atomic E-state index is 11.9. The maximum atomic E-state index is 11.9. The van der Waals surface area contributed by atoms with Crippen LogP contribution in [0, 0.1) is 17.0 Å². The first-order valence-electron chi connectivity index (χ1n) is 6.17. The van der Waals surface area contributed by atoms with Crippen molar-refractivity contribution in [3.05, 3.63) is 39.4 Å². The van der Waals surface area contributed by atoms with Crippen LogP contribution in [0.2, 0.25) is 0 Å². The number of carbonyl (C=O) groups is 1. The van der Waals surface area contributed by atoms with E-state index in [1.165, 1.54) is 18.2 Å². The normalized spacial score (nSPS) is 11.9. The minimum Gasteiger partial charge on any atom is -0.391 e. The summed E-state index contributed by atoms with van der Waals surface area (Å²) in [4.78, 5) is 22.0. The van der Waals surface area contributed by atoms with Gasteiger partial charge in [-0.05, 0) is 18.9 Å². The van der Waals surface area contributed by atoms with Crippen molar-refractivity contribution in [3.8, 4) is 0 Å². The summed E-state index contributed by atoms with van der Waals surface area (Å²) < 4.78 is 0. The number of aliphatic hydroxyl groups is 1. The molecule has 19 heavy (non-hydrogen) atoms. The van der Waals surface area contributed by atoms with Crippen LogP contribution < -0.4 is 5.32 Å². The molecule has 1 aromatic rings. The molecule has 6 nitrogen and oxygen atoms in total. The number of hydrogen-bond acceptors (Lipinski definition) is 4. The van der Waals surface area contributed by atoms with Crippen molar-refractivity contribution in [1.29, 1.82) is 0 Å². The quantitative estimate of drug-likeness (QED) is 0.606. The third-order valence-electron chi connectivity index (χ3n) is 2.80. The fraction of sp³-hybridized carbons (Fsp3) is 0.462. The molecule has 0 saturated carbocycles. The number of nitrogens with one attached hydrogen (secondary N) is 1. The van der Waals surface area contributed by atoms with Gasteiger partial charge in [0.05, 0.1) is 11.0 Å². The molecule has 1 aromatic carbocycles. The van der Waals surface area contributed by atoms with E-state index in [2.05, 4.69) is 5.32 Å². The Kier molecular flexibility index (Phi) is 5.44. The molecule has 0 aliphatic heterocycles. The van der Waals surface area contributed by atoms with Crippen LogP contribution in [0.4, 0.5) is 5.69 Å². The van der Waals surface area contributed by atoms with Gasteiger partial charge in [0.1, 0.15) is 0 Å². The van der Waals surface area contributed by atoms with Crippen molar-refractivity contribution >= 4 is 11.6 Å². The highest BCUT2D eigenvalue weighted by atomic mass is 16.6. The average molecular weight is 266 g/mol. The van der Waals surface area contributed by atoms with Crippen molar-refractivity contribution in [2.24, 2.45) is 0 Å². The van der Waals surface area contributed by atoms with Crippen LogP contribution in [0.3, 0.4) is 0 Å². The highest BCUT2D eigenvalue weighted by Gasteiger charge is 2.15. The Bertz CT molecular complexity index is 474. The largest absolute Gasteiger partial charge is 0.391 e. The Morgan fingerprint density at radius 3 is 2.79 bits per heavy atom. The van der Waals surface area contributed by atoms with Crippen LogP contribution in [0.25, 0.3) is 0 Å². The lowest BCUT2D eigenvalue weighted by Crippen LogP contribution is -2.32. The van der Waals surface area contributed by atoms with Gasteiger partial charge in [-0.15, -0.1) is 0 Å². The number of nitro groups is 1. The summed E-state index contributed by atoms with van der Waals surface area (Å²) in [5.74, 6) is -0.406. The van der Waals surface area contributed by atoms with E-state index < -0.39 is 16.9 Å². The lowest BCUT2D eigenvalue weighted by molar-refractivity contribution is -0.384. The molecule has 0 aliphatic carbocycles. The third-order valence-corrected chi connectivity index (χ3v) is 2.80. The van der Waals surface area contributed by atoms with Gasteiger partial charge in [0, 0.05) is 24.2 Å². The van der Waals surface area contributed by atoms with E-state index in [-0.39, 0.29) is 17.8 Å². The van der Waals surface area contributed by atoms with E-state index in [4.69, 9.17) is 0 Å². The molecule has 1 amide bonds. The number of aryl methyl sites for hydroxylation is 1. The molecule has 0 heterocycles. The maximum Gasteiger partial charge on any atom is 0.270 e. The second kappa shape index (κ2) is 6.84. The number of non-ortho nitro benzene ring substituents is 1. The van der Waals surface area contributed by atoms with Gasteiger partial charge in [-0.3, -0.25) is 14.9 Å². The number of carbonyl (C=O) groups excluding carboxylic acids is 1. The standard InChI is InChI=1S/C13H18N2O4/c1-3-4-11(16)8-14-13(17)12-7-10(15(18)19)6-5-9(12)2/h5-7,11,16H,3-4,8H2,1-2H3,(H,14,17). The topological polar surface area (TPSA) is 92.5 Å². The molecule has 1 atom stereocenters. The molecule has 104 valence electrons. The number of nitro benzene ring substituents is 1. The molecule has 0 saturated heterocycles. The van der Waals surface area contributed by atoms with Crippen LogP contribution in [0.15, 0.2) is 18.2 Å². The first kappa shape index (κ1) is 15.1. The zero-order valence-corrected chi connectivity index (χ0v) is 11.0. The summed E-state index contributed by atoms with van der Waals surface area (Å²) in [6.07, 6.45) is 0.842. The van der Waals surface area contributed by atoms with Gasteiger partial charge < -0.3 is 10.4 Å². The Labute approximate surface area is 111 Å². The Hall–Kier alpha value is -1.95. The minimum atomic E-state index is -0.590. The summed E-state index contributed by atoms with van der Waals surface area (Å²) in [6.45, 7) is 3.80. The lowest BCUT2D eigenvalue weighted by atomic mass is 10.1. The predicted octanol–water partition coefficient (Wildman–Crippen LogP) is 1.79. The summed E-state index contributed by atoms with van der Waals surface area (Å²) in [5, 5.41) is 22.8. The number of benzene rings is 1. The van der Waals surface area contributed by atoms with Gasteiger partial charge in [-0.25, -0.2) is 0 Å². The summed E-state index contributed by atoms with van der Waals surface area (Å²) in [6, 6.07) is 4.14. The molecule has 1 rings (SSSR count). The summed E-state index contributed by atoms with van der Waals surface area (Å²) >= 11 is 0.